The van der Waals surface area contributed by atoms with E-state index in [0.717, 1.165) is 31.6 Å². The normalized spacial score (nSPS) is 13.0. The van der Waals surface area contributed by atoms with Crippen LogP contribution in [0.4, 0.5) is 0 Å². The second-order valence-corrected chi connectivity index (χ2v) is 10.4. The average Bonchev–Trinajstić information content (AvgIpc) is 2.64. The number of carboxylic acid groups (broad SMARTS) is 2. The van der Waals surface area contributed by atoms with Crippen LogP contribution in [-0.4, -0.2) is 35.4 Å². The van der Waals surface area contributed by atoms with Crippen LogP contribution in [0.15, 0.2) is 0 Å². The van der Waals surface area contributed by atoms with Crippen LogP contribution in [0.3, 0.4) is 0 Å². The number of ketones is 1. The number of hydrogen-bond donors (Lipinski definition) is 1. The molecule has 0 saturated carbocycles. The Balaban J connectivity index is -0.00000450. The Bertz CT molecular complexity index is 667. The van der Waals surface area contributed by atoms with Gasteiger partial charge in [-0.1, -0.05) is 90.9 Å². The second-order valence-electron chi connectivity index (χ2n) is 8.74. The van der Waals surface area contributed by atoms with Crippen molar-refractivity contribution in [2.75, 3.05) is 0 Å². The minimum absolute atomic E-state index is 0. The van der Waals surface area contributed by atoms with Crippen LogP contribution in [0.1, 0.15) is 110 Å². The van der Waals surface area contributed by atoms with E-state index in [4.69, 9.17) is 0 Å². The Morgan fingerprint density at radius 2 is 1.12 bits per heavy atom. The van der Waals surface area contributed by atoms with Gasteiger partial charge in [0.05, 0.1) is 5.97 Å². The van der Waals surface area contributed by atoms with Gasteiger partial charge >= 0.3 is 59.1 Å². The van der Waals surface area contributed by atoms with Crippen molar-refractivity contribution in [1.29, 1.82) is 0 Å². The smallest absolute Gasteiger partial charge is 0.550 e. The molecule has 0 aliphatic rings. The summed E-state index contributed by atoms with van der Waals surface area (Å²) in [5.74, 6) is -5.15. The first-order valence-electron chi connectivity index (χ1n) is 11.4. The molecule has 0 amide bonds. The molecule has 0 radical (unpaired) electrons. The summed E-state index contributed by atoms with van der Waals surface area (Å²) in [6.07, 6.45) is 11.4. The largest absolute Gasteiger partial charge is 1.00 e. The molecule has 1 unspecified atom stereocenters. The van der Waals surface area contributed by atoms with Crippen LogP contribution < -0.4 is 69.3 Å². The summed E-state index contributed by atoms with van der Waals surface area (Å²) in [7, 11) is -5.52. The van der Waals surface area contributed by atoms with Gasteiger partial charge in [-0.15, -0.1) is 0 Å². The van der Waals surface area contributed by atoms with E-state index in [0.29, 0.717) is 6.42 Å². The monoisotopic (exact) mass is 508 g/mol. The molecule has 0 saturated heterocycles. The number of Topliss-reactive ketones (excluding diaryl/α,β-unsaturated/α-hetero) is 1. The Morgan fingerprint density at radius 3 is 1.42 bits per heavy atom. The molecule has 0 spiro atoms. The maximum Gasteiger partial charge on any atom is 1.00 e. The molecular weight excluding hydrogens is 470 g/mol. The molecule has 0 bridgehead atoms. The van der Waals surface area contributed by atoms with Gasteiger partial charge < -0.3 is 19.8 Å². The summed E-state index contributed by atoms with van der Waals surface area (Å²) < 4.78 is 28.6. The van der Waals surface area contributed by atoms with Crippen molar-refractivity contribution >= 4 is 27.8 Å². The zero-order valence-electron chi connectivity index (χ0n) is 20.9. The third-order valence-electron chi connectivity index (χ3n) is 5.55. The number of aliphatic carboxylic acids is 2. The van der Waals surface area contributed by atoms with E-state index in [1.54, 1.807) is 0 Å². The summed E-state index contributed by atoms with van der Waals surface area (Å²) >= 11 is 0. The third-order valence-corrected chi connectivity index (χ3v) is 6.97. The van der Waals surface area contributed by atoms with Gasteiger partial charge in [-0.05, 0) is 12.3 Å². The maximum atomic E-state index is 12.2. The molecule has 1 atom stereocenters. The Kier molecular flexibility index (Phi) is 23.9. The number of carbonyl (C=O) groups is 3. The average molecular weight is 509 g/mol. The number of carboxylic acids is 2. The van der Waals surface area contributed by atoms with Crippen LogP contribution in [0.25, 0.3) is 0 Å². The van der Waals surface area contributed by atoms with Gasteiger partial charge in [-0.2, -0.15) is 8.42 Å². The molecule has 0 fully saturated rings. The van der Waals surface area contributed by atoms with Crippen molar-refractivity contribution in [3.8, 4) is 0 Å². The molecule has 1 N–H and O–H groups in total. The minimum Gasteiger partial charge on any atom is -0.550 e. The zero-order valence-corrected chi connectivity index (χ0v) is 25.7. The van der Waals surface area contributed by atoms with Crippen molar-refractivity contribution in [1.82, 2.24) is 0 Å². The van der Waals surface area contributed by atoms with Crippen molar-refractivity contribution in [3.63, 3.8) is 0 Å². The first-order valence-corrected chi connectivity index (χ1v) is 12.8. The van der Waals surface area contributed by atoms with Gasteiger partial charge in [0, 0.05) is 18.8 Å². The standard InChI is InChI=1S/C22H40O8S.2Na/c1-18(2)15-13-11-9-7-5-3-4-6-8-10-12-14-16-19(23)22(21(26)27,17-20(24)25)31(28,29)30;;/h18H,3-17H2,1-2H3,(H,24,25)(H,26,27)(H,28,29,30);;/q;2*+1/p-2. The molecule has 11 heteroatoms. The summed E-state index contributed by atoms with van der Waals surface area (Å²) in [4.78, 5) is 34.2. The predicted molar refractivity (Wildman–Crippen MR) is 113 cm³/mol. The van der Waals surface area contributed by atoms with E-state index in [1.165, 1.54) is 44.9 Å². The Hall–Kier alpha value is 0.520. The molecule has 33 heavy (non-hydrogen) atoms. The molecule has 0 aromatic heterocycles. The summed E-state index contributed by atoms with van der Waals surface area (Å²) in [5, 5.41) is 22.0. The van der Waals surface area contributed by atoms with E-state index in [-0.39, 0.29) is 65.5 Å². The van der Waals surface area contributed by atoms with Crippen LogP contribution in [-0.2, 0) is 24.5 Å². The molecule has 0 aliphatic heterocycles. The Labute approximate surface area is 243 Å². The van der Waals surface area contributed by atoms with E-state index < -0.39 is 45.4 Å². The molecule has 0 heterocycles. The van der Waals surface area contributed by atoms with E-state index in [9.17, 15) is 37.6 Å². The zero-order chi connectivity index (χ0) is 23.9. The fourth-order valence-electron chi connectivity index (χ4n) is 3.64. The summed E-state index contributed by atoms with van der Waals surface area (Å²) in [6.45, 7) is 4.49. The number of hydrogen-bond acceptors (Lipinski definition) is 7. The molecule has 0 aliphatic carbocycles. The minimum atomic E-state index is -5.52. The van der Waals surface area contributed by atoms with E-state index in [1.807, 2.05) is 0 Å². The molecule has 0 aromatic carbocycles. The number of carbonyl (C=O) groups excluding carboxylic acids is 3. The molecule has 8 nitrogen and oxygen atoms in total. The van der Waals surface area contributed by atoms with E-state index in [2.05, 4.69) is 13.8 Å². The summed E-state index contributed by atoms with van der Waals surface area (Å²) in [6, 6.07) is 0. The molecule has 182 valence electrons. The van der Waals surface area contributed by atoms with Crippen molar-refractivity contribution in [2.45, 2.75) is 115 Å². The van der Waals surface area contributed by atoms with Gasteiger partial charge in [-0.25, -0.2) is 0 Å². The van der Waals surface area contributed by atoms with Crippen LogP contribution in [0, 0.1) is 5.92 Å². The SMILES string of the molecule is CC(C)CCCCCCCCCCCCCCC(=O)C(CC(=O)[O-])(C(=O)[O-])S(=O)(=O)O.[Na+].[Na+]. The quantitative estimate of drug-likeness (QED) is 0.0761. The molecule has 0 rings (SSSR count). The van der Waals surface area contributed by atoms with E-state index >= 15 is 0 Å². The van der Waals surface area contributed by atoms with Crippen molar-refractivity contribution in [3.05, 3.63) is 0 Å². The van der Waals surface area contributed by atoms with Gasteiger partial charge in [0.15, 0.2) is 10.5 Å². The molecule has 0 aromatic rings. The first-order chi connectivity index (χ1) is 14.4. The van der Waals surface area contributed by atoms with Crippen LogP contribution in [0.5, 0.6) is 0 Å². The van der Waals surface area contributed by atoms with Crippen molar-refractivity contribution < 1.29 is 96.7 Å². The van der Waals surface area contributed by atoms with Gasteiger partial charge in [0.25, 0.3) is 10.1 Å². The molecular formula is C22H38Na2O8S. The second kappa shape index (κ2) is 20.7. The predicted octanol–water partition coefficient (Wildman–Crippen LogP) is -3.80. The number of rotatable bonds is 20. The van der Waals surface area contributed by atoms with Crippen LogP contribution in [0.2, 0.25) is 0 Å². The first kappa shape index (κ1) is 38.1. The Morgan fingerprint density at radius 1 is 0.758 bits per heavy atom. The summed E-state index contributed by atoms with van der Waals surface area (Å²) in [5.41, 5.74) is 0. The fourth-order valence-corrected chi connectivity index (χ4v) is 4.54. The fraction of sp³-hybridized carbons (Fsp3) is 0.864. The third kappa shape index (κ3) is 16.0. The van der Waals surface area contributed by atoms with Crippen molar-refractivity contribution in [2.24, 2.45) is 5.92 Å². The van der Waals surface area contributed by atoms with Gasteiger partial charge in [0.2, 0.25) is 0 Å². The van der Waals surface area contributed by atoms with Gasteiger partial charge in [0.1, 0.15) is 0 Å². The number of unbranched alkanes of at least 4 members (excludes halogenated alkanes) is 11. The topological polar surface area (TPSA) is 152 Å². The van der Waals surface area contributed by atoms with Crippen LogP contribution >= 0.6 is 0 Å². The van der Waals surface area contributed by atoms with Gasteiger partial charge in [-0.3, -0.25) is 9.35 Å². The maximum absolute atomic E-state index is 12.2.